The molecule has 106 valence electrons. The van der Waals surface area contributed by atoms with Crippen molar-refractivity contribution in [2.45, 2.75) is 25.4 Å². The maximum atomic E-state index is 12.0. The molecule has 1 N–H and O–H groups in total. The molecule has 1 fully saturated rings. The molecule has 0 amide bonds. The zero-order valence-corrected chi connectivity index (χ0v) is 11.7. The normalized spacial score (nSPS) is 19.6. The number of hydrogen-bond donors (Lipinski definition) is 1. The van der Waals surface area contributed by atoms with E-state index in [1.807, 2.05) is 6.92 Å². The highest BCUT2D eigenvalue weighted by Gasteiger charge is 2.46. The summed E-state index contributed by atoms with van der Waals surface area (Å²) in [5.74, 6) is -0.453. The second-order valence-electron chi connectivity index (χ2n) is 4.50. The lowest BCUT2D eigenvalue weighted by Gasteiger charge is -2.45. The van der Waals surface area contributed by atoms with Crippen molar-refractivity contribution < 1.29 is 23.1 Å². The Labute approximate surface area is 108 Å². The number of aliphatic hydroxyl groups is 1. The van der Waals surface area contributed by atoms with Gasteiger partial charge in [0.15, 0.2) is 0 Å². The minimum Gasteiger partial charge on any atom is -0.469 e. The number of carbonyl (C=O) groups excluding carboxylic acids is 1. The molecule has 0 aromatic heterocycles. The standard InChI is InChI=1S/C10H20N2O5S/c1-4-10(14)7-12(8-10)18(15,16)11(2)6-5-9(13)17-3/h14H,4-8H2,1-3H3. The van der Waals surface area contributed by atoms with Crippen LogP contribution in [0.4, 0.5) is 0 Å². The fourth-order valence-corrected chi connectivity index (χ4v) is 3.18. The number of nitrogens with zero attached hydrogens (tertiary/aromatic N) is 2. The SMILES string of the molecule is CCC1(O)CN(S(=O)(=O)N(C)CCC(=O)OC)C1. The fraction of sp³-hybridized carbons (Fsp3) is 0.900. The molecule has 0 bridgehead atoms. The number of methoxy groups -OCH3 is 1. The van der Waals surface area contributed by atoms with Crippen molar-refractivity contribution in [2.24, 2.45) is 0 Å². The predicted molar refractivity (Wildman–Crippen MR) is 65.0 cm³/mol. The zero-order valence-electron chi connectivity index (χ0n) is 10.9. The highest BCUT2D eigenvalue weighted by Crippen LogP contribution is 2.27. The third-order valence-corrected chi connectivity index (χ3v) is 5.06. The highest BCUT2D eigenvalue weighted by atomic mass is 32.2. The Balaban J connectivity index is 2.52. The average molecular weight is 280 g/mol. The molecule has 7 nitrogen and oxygen atoms in total. The van der Waals surface area contributed by atoms with E-state index in [-0.39, 0.29) is 26.1 Å². The van der Waals surface area contributed by atoms with Gasteiger partial charge in [-0.05, 0) is 6.42 Å². The minimum atomic E-state index is -3.59. The van der Waals surface area contributed by atoms with Crippen LogP contribution in [0.15, 0.2) is 0 Å². The summed E-state index contributed by atoms with van der Waals surface area (Å²) in [6.07, 6.45) is 0.531. The maximum absolute atomic E-state index is 12.0. The molecule has 1 heterocycles. The third-order valence-electron chi connectivity index (χ3n) is 3.18. The second kappa shape index (κ2) is 5.52. The van der Waals surface area contributed by atoms with Crippen molar-refractivity contribution in [1.82, 2.24) is 8.61 Å². The molecular formula is C10H20N2O5S. The fourth-order valence-electron chi connectivity index (χ4n) is 1.66. The number of β-amino-alcohol motifs (C(OH)–C–C–N with tert-alkyl or cyclic N) is 1. The number of ether oxygens (including phenoxy) is 1. The van der Waals surface area contributed by atoms with Crippen LogP contribution >= 0.6 is 0 Å². The van der Waals surface area contributed by atoms with Gasteiger partial charge in [0, 0.05) is 26.7 Å². The highest BCUT2D eigenvalue weighted by molar-refractivity contribution is 7.86. The molecular weight excluding hydrogens is 260 g/mol. The molecule has 8 heteroatoms. The molecule has 0 aliphatic carbocycles. The van der Waals surface area contributed by atoms with E-state index in [0.29, 0.717) is 6.42 Å². The Morgan fingerprint density at radius 1 is 1.50 bits per heavy atom. The molecule has 0 radical (unpaired) electrons. The quantitative estimate of drug-likeness (QED) is 0.643. The van der Waals surface area contributed by atoms with Gasteiger partial charge >= 0.3 is 5.97 Å². The largest absolute Gasteiger partial charge is 0.469 e. The molecule has 1 aliphatic rings. The summed E-state index contributed by atoms with van der Waals surface area (Å²) in [5, 5.41) is 9.79. The first-order valence-electron chi connectivity index (χ1n) is 5.76. The Hall–Kier alpha value is -0.700. The number of rotatable bonds is 6. The smallest absolute Gasteiger partial charge is 0.306 e. The van der Waals surface area contributed by atoms with Gasteiger partial charge in [0.1, 0.15) is 0 Å². The topological polar surface area (TPSA) is 87.2 Å². The molecule has 0 aromatic rings. The molecule has 0 aromatic carbocycles. The van der Waals surface area contributed by atoms with Crippen LogP contribution in [-0.2, 0) is 19.7 Å². The molecule has 18 heavy (non-hydrogen) atoms. The maximum Gasteiger partial charge on any atom is 0.306 e. The lowest BCUT2D eigenvalue weighted by molar-refractivity contribution is -0.140. The van der Waals surface area contributed by atoms with Gasteiger partial charge in [0.2, 0.25) is 0 Å². The van der Waals surface area contributed by atoms with Crippen molar-refractivity contribution in [2.75, 3.05) is 33.8 Å². The summed E-state index contributed by atoms with van der Waals surface area (Å²) in [4.78, 5) is 10.9. The van der Waals surface area contributed by atoms with Gasteiger partial charge in [0.05, 0.1) is 19.1 Å². The molecule has 1 aliphatic heterocycles. The Kier molecular flexibility index (Phi) is 4.71. The Morgan fingerprint density at radius 2 is 2.06 bits per heavy atom. The summed E-state index contributed by atoms with van der Waals surface area (Å²) in [6.45, 7) is 2.09. The van der Waals surface area contributed by atoms with Crippen LogP contribution in [0, 0.1) is 0 Å². The molecule has 0 saturated carbocycles. The summed E-state index contributed by atoms with van der Waals surface area (Å²) in [7, 11) is -0.926. The van der Waals surface area contributed by atoms with E-state index < -0.39 is 21.8 Å². The van der Waals surface area contributed by atoms with Crippen molar-refractivity contribution in [3.8, 4) is 0 Å². The number of hydrogen-bond acceptors (Lipinski definition) is 5. The average Bonchev–Trinajstić information content (AvgIpc) is 2.30. The van der Waals surface area contributed by atoms with Crippen molar-refractivity contribution in [3.63, 3.8) is 0 Å². The van der Waals surface area contributed by atoms with Gasteiger partial charge < -0.3 is 9.84 Å². The van der Waals surface area contributed by atoms with E-state index >= 15 is 0 Å². The van der Waals surface area contributed by atoms with Crippen LogP contribution in [0.5, 0.6) is 0 Å². The van der Waals surface area contributed by atoms with Crippen LogP contribution in [-0.4, -0.2) is 67.5 Å². The van der Waals surface area contributed by atoms with E-state index in [9.17, 15) is 18.3 Å². The molecule has 0 unspecified atom stereocenters. The van der Waals surface area contributed by atoms with Gasteiger partial charge in [-0.1, -0.05) is 6.92 Å². The van der Waals surface area contributed by atoms with Gasteiger partial charge in [0.25, 0.3) is 10.2 Å². The third kappa shape index (κ3) is 3.19. The van der Waals surface area contributed by atoms with E-state index in [1.54, 1.807) is 0 Å². The van der Waals surface area contributed by atoms with Crippen LogP contribution in [0.2, 0.25) is 0 Å². The number of esters is 1. The summed E-state index contributed by atoms with van der Waals surface area (Å²) in [5.41, 5.74) is -0.906. The van der Waals surface area contributed by atoms with Crippen LogP contribution < -0.4 is 0 Å². The van der Waals surface area contributed by atoms with E-state index in [1.165, 1.54) is 18.5 Å². The predicted octanol–water partition coefficient (Wildman–Crippen LogP) is -0.817. The first-order chi connectivity index (χ1) is 8.25. The van der Waals surface area contributed by atoms with E-state index in [0.717, 1.165) is 4.31 Å². The lowest BCUT2D eigenvalue weighted by atomic mass is 9.94. The summed E-state index contributed by atoms with van der Waals surface area (Å²) in [6, 6.07) is 0. The number of carbonyl (C=O) groups is 1. The summed E-state index contributed by atoms with van der Waals surface area (Å²) < 4.78 is 30.8. The van der Waals surface area contributed by atoms with Crippen molar-refractivity contribution in [1.29, 1.82) is 0 Å². The Morgan fingerprint density at radius 3 is 2.50 bits per heavy atom. The monoisotopic (exact) mass is 280 g/mol. The molecule has 1 rings (SSSR count). The van der Waals surface area contributed by atoms with Gasteiger partial charge in [-0.2, -0.15) is 17.0 Å². The van der Waals surface area contributed by atoms with Crippen molar-refractivity contribution in [3.05, 3.63) is 0 Å². The molecule has 0 spiro atoms. The summed E-state index contributed by atoms with van der Waals surface area (Å²) >= 11 is 0. The first kappa shape index (κ1) is 15.4. The minimum absolute atomic E-state index is 0.0120. The van der Waals surface area contributed by atoms with Gasteiger partial charge in [-0.3, -0.25) is 4.79 Å². The van der Waals surface area contributed by atoms with E-state index in [2.05, 4.69) is 4.74 Å². The van der Waals surface area contributed by atoms with Crippen LogP contribution in [0.25, 0.3) is 0 Å². The van der Waals surface area contributed by atoms with Crippen LogP contribution in [0.1, 0.15) is 19.8 Å². The molecule has 0 atom stereocenters. The van der Waals surface area contributed by atoms with Gasteiger partial charge in [-0.25, -0.2) is 0 Å². The Bertz CT molecular complexity index is 402. The lowest BCUT2D eigenvalue weighted by Crippen LogP contribution is -2.65. The molecule has 1 saturated heterocycles. The second-order valence-corrected chi connectivity index (χ2v) is 6.54. The zero-order chi connectivity index (χ0) is 14.0. The van der Waals surface area contributed by atoms with Crippen molar-refractivity contribution >= 4 is 16.2 Å². The van der Waals surface area contributed by atoms with E-state index in [4.69, 9.17) is 0 Å². The first-order valence-corrected chi connectivity index (χ1v) is 7.15. The van der Waals surface area contributed by atoms with Gasteiger partial charge in [-0.15, -0.1) is 0 Å². The van der Waals surface area contributed by atoms with Crippen LogP contribution in [0.3, 0.4) is 0 Å².